The molecule has 11 heteroatoms. The van der Waals surface area contributed by atoms with Gasteiger partial charge in [-0.25, -0.2) is 0 Å². The van der Waals surface area contributed by atoms with Gasteiger partial charge in [-0.2, -0.15) is 0 Å². The lowest BCUT2D eigenvalue weighted by atomic mass is 9.72. The van der Waals surface area contributed by atoms with E-state index < -0.39 is 80.5 Å². The van der Waals surface area contributed by atoms with Crippen LogP contribution in [0.1, 0.15) is 6.42 Å². The standard InChI is InChI=1S/C14H26N2O9/c17-4-6(5-18)1-7-12(23)10(15-2-8(19)20)14(25)11(13(7)24)16-3-9(21)22/h6-7,10-18,23-25H,1-5H2,(H,19,20)(H,21,22)/t7?,10-,11+,12-,13+,14?. The number of nitrogens with one attached hydrogen (secondary N) is 2. The topological polar surface area (TPSA) is 200 Å². The van der Waals surface area contributed by atoms with E-state index in [9.17, 15) is 35.1 Å². The molecule has 0 amide bonds. The zero-order valence-corrected chi connectivity index (χ0v) is 13.5. The molecule has 1 fully saturated rings. The first-order chi connectivity index (χ1) is 11.7. The van der Waals surface area contributed by atoms with Crippen molar-refractivity contribution in [3.8, 4) is 0 Å². The van der Waals surface area contributed by atoms with Gasteiger partial charge in [-0.1, -0.05) is 0 Å². The minimum Gasteiger partial charge on any atom is -0.480 e. The van der Waals surface area contributed by atoms with Crippen molar-refractivity contribution in [2.75, 3.05) is 26.3 Å². The molecule has 1 saturated carbocycles. The van der Waals surface area contributed by atoms with Crippen LogP contribution in [0.15, 0.2) is 0 Å². The van der Waals surface area contributed by atoms with Crippen molar-refractivity contribution in [2.45, 2.75) is 36.8 Å². The van der Waals surface area contributed by atoms with E-state index in [4.69, 9.17) is 10.2 Å². The first-order valence-electron chi connectivity index (χ1n) is 7.89. The summed E-state index contributed by atoms with van der Waals surface area (Å²) in [5.74, 6) is -4.00. The molecule has 0 heterocycles. The van der Waals surface area contributed by atoms with Crippen LogP contribution in [0, 0.1) is 11.8 Å². The molecule has 146 valence electrons. The highest BCUT2D eigenvalue weighted by molar-refractivity contribution is 5.69. The van der Waals surface area contributed by atoms with Crippen LogP contribution in [-0.4, -0.2) is 104 Å². The van der Waals surface area contributed by atoms with Crippen LogP contribution in [0.5, 0.6) is 0 Å². The molecule has 1 aliphatic rings. The fourth-order valence-corrected chi connectivity index (χ4v) is 3.13. The first-order valence-corrected chi connectivity index (χ1v) is 7.89. The lowest BCUT2D eigenvalue weighted by Crippen LogP contribution is -2.69. The van der Waals surface area contributed by atoms with Crippen LogP contribution in [0.4, 0.5) is 0 Å². The predicted octanol–water partition coefficient (Wildman–Crippen LogP) is -4.22. The third-order valence-electron chi connectivity index (χ3n) is 4.45. The van der Waals surface area contributed by atoms with Gasteiger partial charge in [0.25, 0.3) is 0 Å². The Hall–Kier alpha value is -1.34. The summed E-state index contributed by atoms with van der Waals surface area (Å²) in [5, 5.41) is 72.1. The number of aliphatic carboxylic acids is 2. The van der Waals surface area contributed by atoms with Crippen LogP contribution in [-0.2, 0) is 9.59 Å². The van der Waals surface area contributed by atoms with E-state index in [1.807, 2.05) is 0 Å². The molecule has 9 N–H and O–H groups in total. The number of aliphatic hydroxyl groups is 5. The second-order valence-electron chi connectivity index (χ2n) is 6.20. The molecule has 2 unspecified atom stereocenters. The Kier molecular flexibility index (Phi) is 8.65. The fraction of sp³-hybridized carbons (Fsp3) is 0.857. The summed E-state index contributed by atoms with van der Waals surface area (Å²) in [6.45, 7) is -1.90. The largest absolute Gasteiger partial charge is 0.480 e. The van der Waals surface area contributed by atoms with E-state index in [2.05, 4.69) is 10.6 Å². The molecule has 0 aromatic heterocycles. The quantitative estimate of drug-likeness (QED) is 0.181. The van der Waals surface area contributed by atoms with Crippen molar-refractivity contribution >= 4 is 11.9 Å². The van der Waals surface area contributed by atoms with Crippen molar-refractivity contribution in [1.82, 2.24) is 10.6 Å². The highest BCUT2D eigenvalue weighted by Crippen LogP contribution is 2.31. The summed E-state index contributed by atoms with van der Waals surface area (Å²) in [4.78, 5) is 21.5. The first kappa shape index (κ1) is 21.7. The van der Waals surface area contributed by atoms with E-state index >= 15 is 0 Å². The zero-order chi connectivity index (χ0) is 19.1. The number of aliphatic hydroxyl groups excluding tert-OH is 5. The third-order valence-corrected chi connectivity index (χ3v) is 4.45. The van der Waals surface area contributed by atoms with Gasteiger partial charge in [0.1, 0.15) is 0 Å². The number of carboxylic acids is 2. The van der Waals surface area contributed by atoms with Crippen LogP contribution in [0.3, 0.4) is 0 Å². The van der Waals surface area contributed by atoms with Gasteiger partial charge in [0.05, 0.1) is 43.5 Å². The maximum Gasteiger partial charge on any atom is 0.317 e. The van der Waals surface area contributed by atoms with E-state index in [0.717, 1.165) is 0 Å². The highest BCUT2D eigenvalue weighted by Gasteiger charge is 2.49. The molecular formula is C14H26N2O9. The Bertz CT molecular complexity index is 414. The molecule has 25 heavy (non-hydrogen) atoms. The molecule has 0 aromatic carbocycles. The summed E-state index contributed by atoms with van der Waals surface area (Å²) in [5.41, 5.74) is 0. The Morgan fingerprint density at radius 2 is 1.20 bits per heavy atom. The third kappa shape index (κ3) is 5.85. The molecule has 6 atom stereocenters. The molecule has 1 rings (SSSR count). The Balaban J connectivity index is 2.99. The molecule has 0 spiro atoms. The monoisotopic (exact) mass is 366 g/mol. The van der Waals surface area contributed by atoms with Gasteiger partial charge in [-0.3, -0.25) is 20.2 Å². The normalized spacial score (nSPS) is 32.7. The molecule has 0 saturated heterocycles. The number of carboxylic acid groups (broad SMARTS) is 2. The lowest BCUT2D eigenvalue weighted by molar-refractivity contribution is -0.141. The average Bonchev–Trinajstić information content (AvgIpc) is 2.54. The number of hydrogen-bond acceptors (Lipinski definition) is 9. The summed E-state index contributed by atoms with van der Waals surface area (Å²) in [6, 6.07) is -2.29. The van der Waals surface area contributed by atoms with Crippen LogP contribution >= 0.6 is 0 Å². The van der Waals surface area contributed by atoms with Gasteiger partial charge in [-0.15, -0.1) is 0 Å². The Morgan fingerprint density at radius 1 is 0.800 bits per heavy atom. The molecule has 11 nitrogen and oxygen atoms in total. The molecule has 0 bridgehead atoms. The van der Waals surface area contributed by atoms with Gasteiger partial charge in [-0.05, 0) is 6.42 Å². The zero-order valence-electron chi connectivity index (χ0n) is 13.5. The van der Waals surface area contributed by atoms with Crippen LogP contribution < -0.4 is 10.6 Å². The van der Waals surface area contributed by atoms with Gasteiger partial charge in [0, 0.05) is 25.0 Å². The van der Waals surface area contributed by atoms with E-state index in [0.29, 0.717) is 0 Å². The van der Waals surface area contributed by atoms with Crippen LogP contribution in [0.25, 0.3) is 0 Å². The lowest BCUT2D eigenvalue weighted by Gasteiger charge is -2.47. The average molecular weight is 366 g/mol. The minimum atomic E-state index is -1.46. The minimum absolute atomic E-state index is 0.00143. The number of rotatable bonds is 10. The second kappa shape index (κ2) is 9.97. The summed E-state index contributed by atoms with van der Waals surface area (Å²) >= 11 is 0. The molecular weight excluding hydrogens is 340 g/mol. The Labute approximate surface area is 143 Å². The molecule has 0 aromatic rings. The smallest absolute Gasteiger partial charge is 0.317 e. The van der Waals surface area contributed by atoms with Gasteiger partial charge in [0.2, 0.25) is 0 Å². The summed E-state index contributed by atoms with van der Waals surface area (Å²) in [7, 11) is 0. The molecule has 0 aliphatic heterocycles. The van der Waals surface area contributed by atoms with Crippen molar-refractivity contribution in [1.29, 1.82) is 0 Å². The van der Waals surface area contributed by atoms with E-state index in [1.165, 1.54) is 0 Å². The van der Waals surface area contributed by atoms with Gasteiger partial charge < -0.3 is 35.7 Å². The van der Waals surface area contributed by atoms with Crippen molar-refractivity contribution in [2.24, 2.45) is 11.8 Å². The van der Waals surface area contributed by atoms with Crippen LogP contribution in [0.2, 0.25) is 0 Å². The maximum absolute atomic E-state index is 10.7. The maximum atomic E-state index is 10.7. The highest BCUT2D eigenvalue weighted by atomic mass is 16.4. The predicted molar refractivity (Wildman–Crippen MR) is 82.6 cm³/mol. The summed E-state index contributed by atoms with van der Waals surface area (Å²) in [6.07, 6.45) is -4.19. The number of hydrogen-bond donors (Lipinski definition) is 9. The molecule has 0 radical (unpaired) electrons. The number of carbonyl (C=O) groups is 2. The molecule has 1 aliphatic carbocycles. The van der Waals surface area contributed by atoms with Gasteiger partial charge >= 0.3 is 11.9 Å². The second-order valence-corrected chi connectivity index (χ2v) is 6.20. The van der Waals surface area contributed by atoms with E-state index in [-0.39, 0.29) is 6.42 Å². The van der Waals surface area contributed by atoms with Crippen molar-refractivity contribution in [3.63, 3.8) is 0 Å². The summed E-state index contributed by atoms with van der Waals surface area (Å²) < 4.78 is 0. The van der Waals surface area contributed by atoms with Crippen molar-refractivity contribution in [3.05, 3.63) is 0 Å². The SMILES string of the molecule is O=C(O)CN[C@@H]1C(O)[C@H](NCC(=O)O)[C@H](O)C(CC(CO)CO)[C@@H]1O. The van der Waals surface area contributed by atoms with Crippen molar-refractivity contribution < 1.29 is 45.3 Å². The Morgan fingerprint density at radius 3 is 1.52 bits per heavy atom. The van der Waals surface area contributed by atoms with Gasteiger partial charge in [0.15, 0.2) is 0 Å². The van der Waals surface area contributed by atoms with E-state index in [1.54, 1.807) is 0 Å². The fourth-order valence-electron chi connectivity index (χ4n) is 3.13.